The monoisotopic (exact) mass is 313 g/mol. The molecule has 0 radical (unpaired) electrons. The van der Waals surface area contributed by atoms with Gasteiger partial charge in [0.05, 0.1) is 0 Å². The normalized spacial score (nSPS) is 23.4. The number of fused-ring (bicyclic) bond motifs is 1. The number of urea groups is 1. The SMILES string of the molecule is O=C1NC2(CCCC2)C(=O)N1CCN1CCc2ccccc2C1. The van der Waals surface area contributed by atoms with Crippen LogP contribution in [0.25, 0.3) is 0 Å². The van der Waals surface area contributed by atoms with Gasteiger partial charge in [0.25, 0.3) is 5.91 Å². The minimum absolute atomic E-state index is 0.00240. The second-order valence-corrected chi connectivity index (χ2v) is 6.97. The van der Waals surface area contributed by atoms with Crippen molar-refractivity contribution in [1.29, 1.82) is 0 Å². The first kappa shape index (κ1) is 14.7. The van der Waals surface area contributed by atoms with Crippen molar-refractivity contribution in [1.82, 2.24) is 15.1 Å². The summed E-state index contributed by atoms with van der Waals surface area (Å²) in [5.74, 6) is -0.00240. The van der Waals surface area contributed by atoms with Crippen molar-refractivity contribution in [3.8, 4) is 0 Å². The van der Waals surface area contributed by atoms with Crippen LogP contribution in [-0.4, -0.2) is 46.9 Å². The standard InChI is InChI=1S/C18H23N3O2/c22-16-18(8-3-4-9-18)19-17(23)21(16)12-11-20-10-7-14-5-1-2-6-15(14)13-20/h1-2,5-6H,3-4,7-13H2,(H,19,23). The molecule has 1 N–H and O–H groups in total. The van der Waals surface area contributed by atoms with Crippen LogP contribution in [0.4, 0.5) is 4.79 Å². The van der Waals surface area contributed by atoms with Crippen LogP contribution in [0.2, 0.25) is 0 Å². The minimum Gasteiger partial charge on any atom is -0.323 e. The molecule has 1 spiro atoms. The molecule has 3 amide bonds. The van der Waals surface area contributed by atoms with E-state index in [-0.39, 0.29) is 11.9 Å². The van der Waals surface area contributed by atoms with Gasteiger partial charge in [-0.25, -0.2) is 4.79 Å². The third-order valence-corrected chi connectivity index (χ3v) is 5.55. The summed E-state index contributed by atoms with van der Waals surface area (Å²) in [6.45, 7) is 3.15. The molecule has 1 aromatic rings. The average molecular weight is 313 g/mol. The van der Waals surface area contributed by atoms with Gasteiger partial charge in [-0.1, -0.05) is 37.1 Å². The number of rotatable bonds is 3. The lowest BCUT2D eigenvalue weighted by molar-refractivity contribution is -0.131. The molecule has 2 heterocycles. The van der Waals surface area contributed by atoms with Gasteiger partial charge in [0.15, 0.2) is 0 Å². The summed E-state index contributed by atoms with van der Waals surface area (Å²) in [5.41, 5.74) is 2.21. The molecule has 23 heavy (non-hydrogen) atoms. The van der Waals surface area contributed by atoms with Crippen molar-refractivity contribution in [3.05, 3.63) is 35.4 Å². The van der Waals surface area contributed by atoms with E-state index in [0.29, 0.717) is 6.54 Å². The van der Waals surface area contributed by atoms with Crippen molar-refractivity contribution >= 4 is 11.9 Å². The van der Waals surface area contributed by atoms with Gasteiger partial charge in [-0.05, 0) is 30.4 Å². The summed E-state index contributed by atoms with van der Waals surface area (Å²) < 4.78 is 0. The molecular weight excluding hydrogens is 290 g/mol. The Labute approximate surface area is 136 Å². The number of imide groups is 1. The van der Waals surface area contributed by atoms with Crippen LogP contribution in [0, 0.1) is 0 Å². The summed E-state index contributed by atoms with van der Waals surface area (Å²) in [4.78, 5) is 28.6. The quantitative estimate of drug-likeness (QED) is 0.867. The maximum Gasteiger partial charge on any atom is 0.325 e. The molecule has 122 valence electrons. The topological polar surface area (TPSA) is 52.7 Å². The molecule has 4 rings (SSSR count). The van der Waals surface area contributed by atoms with Crippen LogP contribution < -0.4 is 5.32 Å². The number of amides is 3. The summed E-state index contributed by atoms with van der Waals surface area (Å²) in [6.07, 6.45) is 4.70. The first-order chi connectivity index (χ1) is 11.2. The second kappa shape index (κ2) is 5.64. The van der Waals surface area contributed by atoms with Gasteiger partial charge >= 0.3 is 6.03 Å². The van der Waals surface area contributed by atoms with Gasteiger partial charge in [-0.2, -0.15) is 0 Å². The Morgan fingerprint density at radius 2 is 1.78 bits per heavy atom. The first-order valence-electron chi connectivity index (χ1n) is 8.61. The molecule has 0 unspecified atom stereocenters. The summed E-state index contributed by atoms with van der Waals surface area (Å²) >= 11 is 0. The number of nitrogens with zero attached hydrogens (tertiary/aromatic N) is 2. The van der Waals surface area contributed by atoms with Crippen molar-refractivity contribution < 1.29 is 9.59 Å². The van der Waals surface area contributed by atoms with Crippen molar-refractivity contribution in [2.45, 2.75) is 44.2 Å². The van der Waals surface area contributed by atoms with Crippen LogP contribution in [0.15, 0.2) is 24.3 Å². The van der Waals surface area contributed by atoms with E-state index in [0.717, 1.165) is 51.7 Å². The smallest absolute Gasteiger partial charge is 0.323 e. The van der Waals surface area contributed by atoms with Crippen LogP contribution in [0.3, 0.4) is 0 Å². The highest BCUT2D eigenvalue weighted by Gasteiger charge is 2.52. The van der Waals surface area contributed by atoms with Gasteiger partial charge in [-0.3, -0.25) is 14.6 Å². The second-order valence-electron chi connectivity index (χ2n) is 6.97. The Hall–Kier alpha value is -1.88. The zero-order valence-corrected chi connectivity index (χ0v) is 13.4. The first-order valence-corrected chi connectivity index (χ1v) is 8.61. The molecule has 0 atom stereocenters. The highest BCUT2D eigenvalue weighted by molar-refractivity contribution is 6.07. The molecule has 5 nitrogen and oxygen atoms in total. The summed E-state index contributed by atoms with van der Waals surface area (Å²) in [7, 11) is 0. The fourth-order valence-corrected chi connectivity index (χ4v) is 4.18. The average Bonchev–Trinajstić information content (AvgIpc) is 3.12. The lowest BCUT2D eigenvalue weighted by atomic mass is 9.98. The molecule has 0 aromatic heterocycles. The van der Waals surface area contributed by atoms with E-state index < -0.39 is 5.54 Å². The zero-order valence-electron chi connectivity index (χ0n) is 13.4. The third-order valence-electron chi connectivity index (χ3n) is 5.55. The molecule has 5 heteroatoms. The molecule has 2 aliphatic heterocycles. The highest BCUT2D eigenvalue weighted by Crippen LogP contribution is 2.35. The molecule has 1 saturated carbocycles. The van der Waals surface area contributed by atoms with E-state index in [1.54, 1.807) is 0 Å². The van der Waals surface area contributed by atoms with E-state index in [2.05, 4.69) is 34.5 Å². The van der Waals surface area contributed by atoms with Crippen LogP contribution >= 0.6 is 0 Å². The molecular formula is C18H23N3O2. The van der Waals surface area contributed by atoms with E-state index in [1.807, 2.05) is 0 Å². The van der Waals surface area contributed by atoms with Gasteiger partial charge < -0.3 is 5.32 Å². The number of hydrogen-bond donors (Lipinski definition) is 1. The molecule has 0 bridgehead atoms. The van der Waals surface area contributed by atoms with Gasteiger partial charge in [-0.15, -0.1) is 0 Å². The van der Waals surface area contributed by atoms with E-state index in [9.17, 15) is 9.59 Å². The third kappa shape index (κ3) is 2.53. The Bertz CT molecular complexity index is 637. The fourth-order valence-electron chi connectivity index (χ4n) is 4.18. The number of carbonyl (C=O) groups is 2. The predicted molar refractivity (Wildman–Crippen MR) is 86.9 cm³/mol. The number of carbonyl (C=O) groups excluding carboxylic acids is 2. The van der Waals surface area contributed by atoms with Crippen molar-refractivity contribution in [3.63, 3.8) is 0 Å². The van der Waals surface area contributed by atoms with Crippen LogP contribution in [0.1, 0.15) is 36.8 Å². The van der Waals surface area contributed by atoms with Crippen molar-refractivity contribution in [2.75, 3.05) is 19.6 Å². The minimum atomic E-state index is -0.578. The van der Waals surface area contributed by atoms with E-state index in [1.165, 1.54) is 16.0 Å². The van der Waals surface area contributed by atoms with Gasteiger partial charge in [0, 0.05) is 26.2 Å². The molecule has 1 aliphatic carbocycles. The van der Waals surface area contributed by atoms with E-state index in [4.69, 9.17) is 0 Å². The molecule has 1 aromatic carbocycles. The zero-order chi connectivity index (χ0) is 15.9. The number of nitrogens with one attached hydrogen (secondary N) is 1. The molecule has 2 fully saturated rings. The molecule has 3 aliphatic rings. The molecule has 1 saturated heterocycles. The summed E-state index contributed by atoms with van der Waals surface area (Å²) in [6, 6.07) is 8.32. The Balaban J connectivity index is 1.38. The Morgan fingerprint density at radius 1 is 1.04 bits per heavy atom. The van der Waals surface area contributed by atoms with Crippen LogP contribution in [-0.2, 0) is 17.8 Å². The number of hydrogen-bond acceptors (Lipinski definition) is 3. The summed E-state index contributed by atoms with van der Waals surface area (Å²) in [5, 5.41) is 2.95. The Morgan fingerprint density at radius 3 is 2.57 bits per heavy atom. The van der Waals surface area contributed by atoms with Crippen LogP contribution in [0.5, 0.6) is 0 Å². The maximum absolute atomic E-state index is 12.6. The van der Waals surface area contributed by atoms with Gasteiger partial charge in [0.1, 0.15) is 5.54 Å². The Kier molecular flexibility index (Phi) is 3.60. The van der Waals surface area contributed by atoms with Gasteiger partial charge in [0.2, 0.25) is 0 Å². The fraction of sp³-hybridized carbons (Fsp3) is 0.556. The predicted octanol–water partition coefficient (Wildman–Crippen LogP) is 1.91. The van der Waals surface area contributed by atoms with E-state index >= 15 is 0 Å². The largest absolute Gasteiger partial charge is 0.325 e. The van der Waals surface area contributed by atoms with Crippen molar-refractivity contribution in [2.24, 2.45) is 0 Å². The lowest BCUT2D eigenvalue weighted by Gasteiger charge is -2.29. The lowest BCUT2D eigenvalue weighted by Crippen LogP contribution is -2.45. The maximum atomic E-state index is 12.6. The highest BCUT2D eigenvalue weighted by atomic mass is 16.2. The number of benzene rings is 1.